The fourth-order valence-corrected chi connectivity index (χ4v) is 4.25. The number of rotatable bonds is 6. The van der Waals surface area contributed by atoms with E-state index in [0.29, 0.717) is 17.0 Å². The molecule has 8 nitrogen and oxygen atoms in total. The third-order valence-corrected chi connectivity index (χ3v) is 6.05. The molecule has 1 heterocycles. The number of anilines is 1. The minimum absolute atomic E-state index is 0.0878. The first kappa shape index (κ1) is 24.8. The molecule has 4 rings (SSSR count). The van der Waals surface area contributed by atoms with Crippen LogP contribution in [0, 0.1) is 0 Å². The summed E-state index contributed by atoms with van der Waals surface area (Å²) in [7, 11) is 1.44. The van der Waals surface area contributed by atoms with Crippen LogP contribution in [0.1, 0.15) is 34.5 Å². The number of esters is 1. The van der Waals surface area contributed by atoms with Gasteiger partial charge in [-0.05, 0) is 67.1 Å². The number of amides is 1. The number of Topliss-reactive ketones (excluding diaryl/α,β-unsaturated/α-hetero) is 1. The molecule has 3 aromatic carbocycles. The van der Waals surface area contributed by atoms with Crippen LogP contribution < -0.4 is 9.64 Å². The van der Waals surface area contributed by atoms with Crippen molar-refractivity contribution in [1.82, 2.24) is 0 Å². The number of aliphatic hydroxyl groups excluding tert-OH is 1. The van der Waals surface area contributed by atoms with Crippen LogP contribution in [0.25, 0.3) is 5.76 Å². The number of nitrogens with zero attached hydrogens (tertiary/aromatic N) is 1. The molecule has 1 atom stereocenters. The van der Waals surface area contributed by atoms with E-state index < -0.39 is 29.5 Å². The lowest BCUT2D eigenvalue weighted by atomic mass is 9.95. The van der Waals surface area contributed by atoms with Gasteiger partial charge >= 0.3 is 5.97 Å². The fourth-order valence-electron chi connectivity index (χ4n) is 4.04. The van der Waals surface area contributed by atoms with Crippen LogP contribution in [0.2, 0.25) is 5.02 Å². The molecule has 0 aliphatic carbocycles. The lowest BCUT2D eigenvalue weighted by Crippen LogP contribution is -2.29. The predicted octanol–water partition coefficient (Wildman–Crippen LogP) is 4.86. The summed E-state index contributed by atoms with van der Waals surface area (Å²) in [6.07, 6.45) is 0. The number of halogens is 1. The molecular formula is C27H22ClNO7. The number of carbonyl (C=O) groups excluding carboxylic acids is 3. The third kappa shape index (κ3) is 4.50. The zero-order valence-corrected chi connectivity index (χ0v) is 20.2. The highest BCUT2D eigenvalue weighted by atomic mass is 35.5. The van der Waals surface area contributed by atoms with Crippen LogP contribution in [0.5, 0.6) is 11.5 Å². The van der Waals surface area contributed by atoms with Crippen molar-refractivity contribution in [3.8, 4) is 11.5 Å². The largest absolute Gasteiger partial charge is 0.508 e. The van der Waals surface area contributed by atoms with Crippen molar-refractivity contribution in [2.45, 2.75) is 13.0 Å². The van der Waals surface area contributed by atoms with E-state index in [4.69, 9.17) is 21.1 Å². The highest BCUT2D eigenvalue weighted by Gasteiger charge is 2.47. The van der Waals surface area contributed by atoms with Crippen LogP contribution >= 0.6 is 11.6 Å². The number of phenols is 1. The molecule has 1 saturated heterocycles. The molecule has 1 aliphatic heterocycles. The summed E-state index contributed by atoms with van der Waals surface area (Å²) >= 11 is 6.31. The number of ether oxygens (including phenoxy) is 2. The van der Waals surface area contributed by atoms with Crippen LogP contribution in [-0.2, 0) is 14.3 Å². The van der Waals surface area contributed by atoms with Gasteiger partial charge in [-0.15, -0.1) is 0 Å². The zero-order valence-electron chi connectivity index (χ0n) is 19.4. The molecule has 1 fully saturated rings. The molecule has 1 amide bonds. The van der Waals surface area contributed by atoms with Crippen molar-refractivity contribution in [2.24, 2.45) is 0 Å². The van der Waals surface area contributed by atoms with Gasteiger partial charge in [0.05, 0.1) is 35.9 Å². The Bertz CT molecular complexity index is 1380. The van der Waals surface area contributed by atoms with Gasteiger partial charge in [-0.2, -0.15) is 0 Å². The molecule has 9 heteroatoms. The van der Waals surface area contributed by atoms with Gasteiger partial charge in [-0.25, -0.2) is 4.79 Å². The second kappa shape index (κ2) is 10.1. The number of carbonyl (C=O) groups is 3. The normalized spacial score (nSPS) is 16.8. The molecule has 0 radical (unpaired) electrons. The first-order valence-electron chi connectivity index (χ1n) is 11.0. The van der Waals surface area contributed by atoms with Crippen molar-refractivity contribution in [3.05, 3.63) is 94.0 Å². The van der Waals surface area contributed by atoms with Gasteiger partial charge in [-0.1, -0.05) is 23.7 Å². The van der Waals surface area contributed by atoms with Crippen molar-refractivity contribution in [2.75, 3.05) is 18.6 Å². The highest BCUT2D eigenvalue weighted by Crippen LogP contribution is 2.44. The van der Waals surface area contributed by atoms with Gasteiger partial charge in [0.25, 0.3) is 11.7 Å². The van der Waals surface area contributed by atoms with E-state index >= 15 is 0 Å². The number of ketones is 1. The zero-order chi connectivity index (χ0) is 26.0. The van der Waals surface area contributed by atoms with Crippen LogP contribution in [0.3, 0.4) is 0 Å². The number of aliphatic hydroxyl groups is 1. The average Bonchev–Trinajstić information content (AvgIpc) is 3.14. The van der Waals surface area contributed by atoms with E-state index in [-0.39, 0.29) is 34.1 Å². The second-order valence-corrected chi connectivity index (χ2v) is 8.28. The lowest BCUT2D eigenvalue weighted by molar-refractivity contribution is -0.132. The standard InChI is InChI=1S/C27H22ClNO7/c1-3-36-27(34)15-7-9-17(10-8-15)29-23(16-5-4-6-18(30)13-16)22(25(32)26(29)33)24(31)20-14-19(35-2)11-12-21(20)28/h4-14,23,30-31H,3H2,1-2H3/b24-22+. The first-order chi connectivity index (χ1) is 17.3. The van der Waals surface area contributed by atoms with Gasteiger partial charge in [0.15, 0.2) is 0 Å². The second-order valence-electron chi connectivity index (χ2n) is 7.88. The van der Waals surface area contributed by atoms with E-state index in [0.717, 1.165) is 0 Å². The summed E-state index contributed by atoms with van der Waals surface area (Å²) in [5, 5.41) is 21.5. The smallest absolute Gasteiger partial charge is 0.338 e. The maximum Gasteiger partial charge on any atom is 0.338 e. The van der Waals surface area contributed by atoms with E-state index in [1.165, 1.54) is 60.5 Å². The molecule has 0 saturated carbocycles. The number of phenolic OH excluding ortho intramolecular Hbond substituents is 1. The molecule has 36 heavy (non-hydrogen) atoms. The monoisotopic (exact) mass is 507 g/mol. The first-order valence-corrected chi connectivity index (χ1v) is 11.4. The predicted molar refractivity (Wildman–Crippen MR) is 133 cm³/mol. The van der Waals surface area contributed by atoms with E-state index in [9.17, 15) is 24.6 Å². The number of methoxy groups -OCH3 is 1. The van der Waals surface area contributed by atoms with Gasteiger partial charge in [0.1, 0.15) is 17.3 Å². The summed E-state index contributed by atoms with van der Waals surface area (Å²) < 4.78 is 10.2. The Kier molecular flexibility index (Phi) is 6.98. The third-order valence-electron chi connectivity index (χ3n) is 5.72. The maximum atomic E-state index is 13.3. The van der Waals surface area contributed by atoms with Gasteiger partial charge in [-0.3, -0.25) is 14.5 Å². The Labute approximate surface area is 211 Å². The Morgan fingerprint density at radius 3 is 2.42 bits per heavy atom. The summed E-state index contributed by atoms with van der Waals surface area (Å²) in [6.45, 7) is 1.90. The quantitative estimate of drug-likeness (QED) is 0.212. The van der Waals surface area contributed by atoms with Crippen molar-refractivity contribution in [3.63, 3.8) is 0 Å². The number of aromatic hydroxyl groups is 1. The van der Waals surface area contributed by atoms with Gasteiger partial charge < -0.3 is 19.7 Å². The van der Waals surface area contributed by atoms with E-state index in [2.05, 4.69) is 0 Å². The molecule has 184 valence electrons. The summed E-state index contributed by atoms with van der Waals surface area (Å²) in [5.74, 6) is -2.55. The van der Waals surface area contributed by atoms with Crippen molar-refractivity contribution in [1.29, 1.82) is 0 Å². The number of benzene rings is 3. The molecule has 0 spiro atoms. The fraction of sp³-hybridized carbons (Fsp3) is 0.148. The summed E-state index contributed by atoms with van der Waals surface area (Å²) in [5.41, 5.74) is 0.847. The van der Waals surface area contributed by atoms with Gasteiger partial charge in [0.2, 0.25) is 0 Å². The van der Waals surface area contributed by atoms with Crippen LogP contribution in [-0.4, -0.2) is 41.6 Å². The topological polar surface area (TPSA) is 113 Å². The number of hydrogen-bond donors (Lipinski definition) is 2. The maximum absolute atomic E-state index is 13.3. The van der Waals surface area contributed by atoms with Crippen molar-refractivity contribution < 1.29 is 34.1 Å². The molecular weight excluding hydrogens is 486 g/mol. The Hall–Kier alpha value is -4.30. The summed E-state index contributed by atoms with van der Waals surface area (Å²) in [6, 6.07) is 15.5. The minimum atomic E-state index is -1.09. The van der Waals surface area contributed by atoms with Gasteiger partial charge in [0, 0.05) is 11.3 Å². The lowest BCUT2D eigenvalue weighted by Gasteiger charge is -2.25. The Balaban J connectivity index is 1.90. The van der Waals surface area contributed by atoms with Crippen LogP contribution in [0.4, 0.5) is 5.69 Å². The van der Waals surface area contributed by atoms with E-state index in [1.807, 2.05) is 0 Å². The Morgan fingerprint density at radius 1 is 1.06 bits per heavy atom. The molecule has 3 aromatic rings. The minimum Gasteiger partial charge on any atom is -0.508 e. The molecule has 2 N–H and O–H groups in total. The highest BCUT2D eigenvalue weighted by molar-refractivity contribution is 6.52. The average molecular weight is 508 g/mol. The summed E-state index contributed by atoms with van der Waals surface area (Å²) in [4.78, 5) is 39.8. The molecule has 0 aromatic heterocycles. The molecule has 1 aliphatic rings. The molecule has 1 unspecified atom stereocenters. The van der Waals surface area contributed by atoms with Crippen molar-refractivity contribution >= 4 is 40.7 Å². The van der Waals surface area contributed by atoms with E-state index in [1.54, 1.807) is 25.1 Å². The molecule has 0 bridgehead atoms. The SMILES string of the molecule is CCOC(=O)c1ccc(N2C(=O)C(=O)/C(=C(/O)c3cc(OC)ccc3Cl)C2c2cccc(O)c2)cc1. The Morgan fingerprint density at radius 2 is 1.78 bits per heavy atom. The number of hydrogen-bond acceptors (Lipinski definition) is 7. The van der Waals surface area contributed by atoms with Crippen LogP contribution in [0.15, 0.2) is 72.3 Å².